The fourth-order valence-corrected chi connectivity index (χ4v) is 0.240. The number of methoxy groups -OCH3 is 1. The van der Waals surface area contributed by atoms with Gasteiger partial charge in [-0.15, -0.1) is 0 Å². The summed E-state index contributed by atoms with van der Waals surface area (Å²) in [6, 6.07) is 0. The van der Waals surface area contributed by atoms with E-state index in [1.54, 1.807) is 0 Å². The summed E-state index contributed by atoms with van der Waals surface area (Å²) in [6.45, 7) is 1.50. The molecule has 0 radical (unpaired) electrons. The Morgan fingerprint density at radius 3 is 2.38 bits per heavy atom. The Hall–Kier alpha value is -0.570. The highest BCUT2D eigenvalue weighted by molar-refractivity contribution is 6.65. The van der Waals surface area contributed by atoms with E-state index in [2.05, 4.69) is 9.73 Å². The number of hydrogen-bond donors (Lipinski definition) is 0. The summed E-state index contributed by atoms with van der Waals surface area (Å²) in [5.41, 5.74) is 0. The highest BCUT2D eigenvalue weighted by Crippen LogP contribution is 1.86. The fourth-order valence-electron chi connectivity index (χ4n) is 0.171. The fraction of sp³-hybridized carbons (Fsp3) is 0.500. The van der Waals surface area contributed by atoms with Gasteiger partial charge in [0, 0.05) is 0 Å². The van der Waals surface area contributed by atoms with Gasteiger partial charge in [-0.25, -0.2) is 4.79 Å². The molecule has 0 aliphatic carbocycles. The largest absolute Gasteiger partial charge is 0.451 e. The predicted octanol–water partition coefficient (Wildman–Crippen LogP) is 1.41. The molecule has 0 saturated carbocycles. The van der Waals surface area contributed by atoms with Gasteiger partial charge in [-0.1, -0.05) is 11.6 Å². The van der Waals surface area contributed by atoms with Crippen LogP contribution in [0.25, 0.3) is 0 Å². The molecule has 0 rings (SSSR count). The zero-order valence-electron chi connectivity index (χ0n) is 4.64. The molecule has 0 fully saturated rings. The van der Waals surface area contributed by atoms with Crippen LogP contribution in [0.2, 0.25) is 0 Å². The van der Waals surface area contributed by atoms with Crippen molar-refractivity contribution in [2.24, 2.45) is 4.99 Å². The average molecular weight is 136 g/mol. The van der Waals surface area contributed by atoms with E-state index in [9.17, 15) is 4.79 Å². The maximum Gasteiger partial charge on any atom is 0.434 e. The topological polar surface area (TPSA) is 38.7 Å². The normalized spacial score (nSPS) is 11.1. The van der Waals surface area contributed by atoms with E-state index < -0.39 is 6.09 Å². The lowest BCUT2D eigenvalue weighted by Gasteiger charge is -1.86. The lowest BCUT2D eigenvalue weighted by molar-refractivity contribution is 0.182. The second-order valence-electron chi connectivity index (χ2n) is 1.08. The van der Waals surface area contributed by atoms with Gasteiger partial charge >= 0.3 is 6.09 Å². The molecule has 0 spiro atoms. The maximum absolute atomic E-state index is 10.1. The maximum atomic E-state index is 10.1. The number of rotatable bonds is 0. The summed E-state index contributed by atoms with van der Waals surface area (Å²) in [5.74, 6) is 0. The van der Waals surface area contributed by atoms with E-state index in [4.69, 9.17) is 11.6 Å². The number of halogens is 1. The van der Waals surface area contributed by atoms with Gasteiger partial charge in [-0.3, -0.25) is 0 Å². The van der Waals surface area contributed by atoms with Crippen LogP contribution in [0.15, 0.2) is 4.99 Å². The van der Waals surface area contributed by atoms with E-state index in [0.717, 1.165) is 0 Å². The van der Waals surface area contributed by atoms with Gasteiger partial charge in [0.2, 0.25) is 0 Å². The first-order chi connectivity index (χ1) is 3.66. The van der Waals surface area contributed by atoms with Crippen LogP contribution in [-0.2, 0) is 4.74 Å². The molecule has 0 bridgehead atoms. The number of amides is 1. The number of carbonyl (C=O) groups is 1. The molecule has 0 aromatic heterocycles. The van der Waals surface area contributed by atoms with Crippen LogP contribution in [0.4, 0.5) is 4.79 Å². The zero-order valence-corrected chi connectivity index (χ0v) is 5.40. The SMILES string of the molecule is COC(=O)/N=C(/C)Cl. The van der Waals surface area contributed by atoms with Crippen molar-refractivity contribution in [3.63, 3.8) is 0 Å². The van der Waals surface area contributed by atoms with Gasteiger partial charge in [0.05, 0.1) is 7.11 Å². The van der Waals surface area contributed by atoms with E-state index in [0.29, 0.717) is 0 Å². The first-order valence-corrected chi connectivity index (χ1v) is 2.33. The van der Waals surface area contributed by atoms with Crippen molar-refractivity contribution in [1.29, 1.82) is 0 Å². The van der Waals surface area contributed by atoms with Crippen molar-refractivity contribution < 1.29 is 9.53 Å². The smallest absolute Gasteiger partial charge is 0.434 e. The number of ether oxygens (including phenoxy) is 1. The number of hydrogen-bond acceptors (Lipinski definition) is 2. The van der Waals surface area contributed by atoms with Gasteiger partial charge in [0.15, 0.2) is 0 Å². The second kappa shape index (κ2) is 3.43. The predicted molar refractivity (Wildman–Crippen MR) is 31.4 cm³/mol. The molecule has 0 unspecified atom stereocenters. The molecular weight excluding hydrogens is 130 g/mol. The number of aliphatic imine (C=N–C) groups is 1. The molecule has 0 aromatic rings. The Labute approximate surface area is 52.3 Å². The van der Waals surface area contributed by atoms with E-state index in [1.165, 1.54) is 14.0 Å². The first-order valence-electron chi connectivity index (χ1n) is 1.95. The van der Waals surface area contributed by atoms with Crippen LogP contribution in [0.1, 0.15) is 6.92 Å². The molecule has 0 aliphatic heterocycles. The summed E-state index contributed by atoms with van der Waals surface area (Å²) in [5, 5.41) is 0.178. The van der Waals surface area contributed by atoms with Gasteiger partial charge in [-0.05, 0) is 6.92 Å². The van der Waals surface area contributed by atoms with Crippen molar-refractivity contribution >= 4 is 22.9 Å². The summed E-state index contributed by atoms with van der Waals surface area (Å²) in [4.78, 5) is 13.3. The molecular formula is C4H6ClNO2. The van der Waals surface area contributed by atoms with E-state index >= 15 is 0 Å². The third-order valence-electron chi connectivity index (χ3n) is 0.420. The van der Waals surface area contributed by atoms with Crippen LogP contribution in [-0.4, -0.2) is 18.4 Å². The Bertz CT molecular complexity index is 117. The molecule has 0 heterocycles. The van der Waals surface area contributed by atoms with E-state index in [1.807, 2.05) is 0 Å². The molecule has 0 aromatic carbocycles. The Morgan fingerprint density at radius 2 is 2.25 bits per heavy atom. The Morgan fingerprint density at radius 1 is 1.75 bits per heavy atom. The third-order valence-corrected chi connectivity index (χ3v) is 0.504. The summed E-state index contributed by atoms with van der Waals surface area (Å²) < 4.78 is 4.15. The molecule has 0 saturated heterocycles. The molecule has 0 N–H and O–H groups in total. The van der Waals surface area contributed by atoms with Gasteiger partial charge < -0.3 is 4.74 Å². The minimum Gasteiger partial charge on any atom is -0.451 e. The van der Waals surface area contributed by atoms with Crippen molar-refractivity contribution in [3.8, 4) is 0 Å². The summed E-state index contributed by atoms with van der Waals surface area (Å²) >= 11 is 5.20. The molecule has 4 heteroatoms. The minimum atomic E-state index is -0.669. The quantitative estimate of drug-likeness (QED) is 0.471. The summed E-state index contributed by atoms with van der Waals surface area (Å²) in [7, 11) is 1.24. The lowest BCUT2D eigenvalue weighted by Crippen LogP contribution is -1.93. The molecule has 46 valence electrons. The first kappa shape index (κ1) is 7.43. The van der Waals surface area contributed by atoms with Crippen LogP contribution >= 0.6 is 11.6 Å². The summed E-state index contributed by atoms with van der Waals surface area (Å²) in [6.07, 6.45) is -0.669. The second-order valence-corrected chi connectivity index (χ2v) is 1.63. The molecule has 1 amide bonds. The van der Waals surface area contributed by atoms with Crippen LogP contribution in [0, 0.1) is 0 Å². The van der Waals surface area contributed by atoms with Crippen LogP contribution < -0.4 is 0 Å². The number of carbonyl (C=O) groups excluding carboxylic acids is 1. The molecule has 0 atom stereocenters. The van der Waals surface area contributed by atoms with Crippen molar-refractivity contribution in [2.45, 2.75) is 6.92 Å². The van der Waals surface area contributed by atoms with Gasteiger partial charge in [0.25, 0.3) is 0 Å². The highest BCUT2D eigenvalue weighted by atomic mass is 35.5. The standard InChI is InChI=1S/C4H6ClNO2/c1-3(5)6-4(7)8-2/h1-2H3/b6-3-. The van der Waals surface area contributed by atoms with Crippen molar-refractivity contribution in [3.05, 3.63) is 0 Å². The van der Waals surface area contributed by atoms with Crippen molar-refractivity contribution in [2.75, 3.05) is 7.11 Å². The van der Waals surface area contributed by atoms with Gasteiger partial charge in [-0.2, -0.15) is 4.99 Å². The van der Waals surface area contributed by atoms with Gasteiger partial charge in [0.1, 0.15) is 5.17 Å². The number of nitrogens with zero attached hydrogens (tertiary/aromatic N) is 1. The Kier molecular flexibility index (Phi) is 3.19. The monoisotopic (exact) mass is 135 g/mol. The van der Waals surface area contributed by atoms with E-state index in [-0.39, 0.29) is 5.17 Å². The highest BCUT2D eigenvalue weighted by Gasteiger charge is 1.92. The van der Waals surface area contributed by atoms with Crippen molar-refractivity contribution in [1.82, 2.24) is 0 Å². The van der Waals surface area contributed by atoms with Crippen LogP contribution in [0.3, 0.4) is 0 Å². The lowest BCUT2D eigenvalue weighted by atomic mass is 10.9. The Balaban J connectivity index is 3.70. The average Bonchev–Trinajstić information content (AvgIpc) is 1.65. The molecule has 0 aliphatic rings. The molecule has 3 nitrogen and oxygen atoms in total. The van der Waals surface area contributed by atoms with Crippen LogP contribution in [0.5, 0.6) is 0 Å². The zero-order chi connectivity index (χ0) is 6.57. The minimum absolute atomic E-state index is 0.178. The third kappa shape index (κ3) is 3.61. The molecule has 8 heavy (non-hydrogen) atoms.